The highest BCUT2D eigenvalue weighted by atomic mass is 16.5. The molecule has 144 valence electrons. The highest BCUT2D eigenvalue weighted by molar-refractivity contribution is 5.59. The zero-order valence-electron chi connectivity index (χ0n) is 16.2. The Morgan fingerprint density at radius 3 is 2.56 bits per heavy atom. The Hall–Kier alpha value is -2.57. The van der Waals surface area contributed by atoms with Crippen LogP contribution in [0.1, 0.15) is 19.8 Å². The third kappa shape index (κ3) is 3.91. The zero-order valence-corrected chi connectivity index (χ0v) is 16.2. The number of benzene rings is 1. The number of hydrogen-bond acceptors (Lipinski definition) is 7. The van der Waals surface area contributed by atoms with Gasteiger partial charge in [0.25, 0.3) is 0 Å². The third-order valence-electron chi connectivity index (χ3n) is 5.50. The minimum Gasteiger partial charge on any atom is -0.495 e. The lowest BCUT2D eigenvalue weighted by molar-refractivity contribution is 0.413. The van der Waals surface area contributed by atoms with E-state index in [2.05, 4.69) is 44.0 Å². The fourth-order valence-corrected chi connectivity index (χ4v) is 4.01. The number of methoxy groups -OCH3 is 1. The highest BCUT2D eigenvalue weighted by Crippen LogP contribution is 2.29. The van der Waals surface area contributed by atoms with Crippen LogP contribution in [0.5, 0.6) is 5.75 Å². The van der Waals surface area contributed by atoms with Crippen LogP contribution in [0.15, 0.2) is 30.5 Å². The van der Waals surface area contributed by atoms with Crippen LogP contribution >= 0.6 is 0 Å². The monoisotopic (exact) mass is 368 g/mol. The average Bonchev–Trinajstić information content (AvgIpc) is 2.74. The second-order valence-corrected chi connectivity index (χ2v) is 7.45. The van der Waals surface area contributed by atoms with Crippen molar-refractivity contribution in [2.24, 2.45) is 5.92 Å². The van der Waals surface area contributed by atoms with Gasteiger partial charge in [-0.2, -0.15) is 10.1 Å². The van der Waals surface area contributed by atoms with Crippen molar-refractivity contribution in [3.63, 3.8) is 0 Å². The molecule has 7 nitrogen and oxygen atoms in total. The van der Waals surface area contributed by atoms with Gasteiger partial charge in [-0.05, 0) is 30.9 Å². The number of nitrogens with zero attached hydrogens (tertiary/aromatic N) is 6. The Morgan fingerprint density at radius 1 is 1.00 bits per heavy atom. The third-order valence-corrected chi connectivity index (χ3v) is 5.50. The van der Waals surface area contributed by atoms with E-state index >= 15 is 0 Å². The number of hydrogen-bond donors (Lipinski definition) is 0. The first-order valence-corrected chi connectivity index (χ1v) is 9.82. The van der Waals surface area contributed by atoms with Gasteiger partial charge in [-0.25, -0.2) is 0 Å². The highest BCUT2D eigenvalue weighted by Gasteiger charge is 2.23. The summed E-state index contributed by atoms with van der Waals surface area (Å²) in [5.74, 6) is 3.32. The molecular weight excluding hydrogens is 340 g/mol. The first-order valence-electron chi connectivity index (χ1n) is 9.82. The molecule has 0 amide bonds. The lowest BCUT2D eigenvalue weighted by atomic mass is 10.0. The van der Waals surface area contributed by atoms with Crippen molar-refractivity contribution in [1.29, 1.82) is 0 Å². The van der Waals surface area contributed by atoms with E-state index in [0.29, 0.717) is 5.92 Å². The van der Waals surface area contributed by atoms with Crippen LogP contribution in [-0.2, 0) is 0 Å². The molecule has 2 saturated heterocycles. The molecular formula is C20H28N6O. The second kappa shape index (κ2) is 7.98. The molecule has 1 aromatic heterocycles. The van der Waals surface area contributed by atoms with E-state index in [1.165, 1.54) is 12.8 Å². The number of piperazine rings is 1. The van der Waals surface area contributed by atoms with Gasteiger partial charge in [0.15, 0.2) is 5.82 Å². The van der Waals surface area contributed by atoms with Gasteiger partial charge in [-0.1, -0.05) is 19.1 Å². The fraction of sp³-hybridized carbons (Fsp3) is 0.550. The lowest BCUT2D eigenvalue weighted by Crippen LogP contribution is -2.47. The maximum Gasteiger partial charge on any atom is 0.247 e. The predicted molar refractivity (Wildman–Crippen MR) is 108 cm³/mol. The van der Waals surface area contributed by atoms with Crippen LogP contribution < -0.4 is 19.4 Å². The minimum absolute atomic E-state index is 0.690. The predicted octanol–water partition coefficient (Wildman–Crippen LogP) is 2.44. The summed E-state index contributed by atoms with van der Waals surface area (Å²) in [4.78, 5) is 11.8. The number of rotatable bonds is 4. The molecule has 1 aromatic carbocycles. The van der Waals surface area contributed by atoms with Gasteiger partial charge in [0, 0.05) is 39.3 Å². The molecule has 0 N–H and O–H groups in total. The normalized spacial score (nSPS) is 20.7. The molecule has 1 unspecified atom stereocenters. The van der Waals surface area contributed by atoms with Gasteiger partial charge in [0.1, 0.15) is 5.75 Å². The zero-order chi connectivity index (χ0) is 18.6. The molecule has 3 heterocycles. The Kier molecular flexibility index (Phi) is 5.27. The Bertz CT molecular complexity index is 762. The van der Waals surface area contributed by atoms with Crippen LogP contribution in [0.4, 0.5) is 17.5 Å². The number of anilines is 3. The second-order valence-electron chi connectivity index (χ2n) is 7.45. The molecule has 1 atom stereocenters. The molecule has 4 rings (SSSR count). The maximum absolute atomic E-state index is 5.51. The van der Waals surface area contributed by atoms with E-state index in [1.54, 1.807) is 13.3 Å². The van der Waals surface area contributed by atoms with Crippen molar-refractivity contribution in [2.45, 2.75) is 19.8 Å². The van der Waals surface area contributed by atoms with Gasteiger partial charge in [-0.15, -0.1) is 5.10 Å². The van der Waals surface area contributed by atoms with Crippen molar-refractivity contribution in [1.82, 2.24) is 15.2 Å². The summed E-state index contributed by atoms with van der Waals surface area (Å²) in [5, 5.41) is 8.52. The first kappa shape index (κ1) is 17.8. The van der Waals surface area contributed by atoms with Crippen LogP contribution in [-0.4, -0.2) is 61.6 Å². The molecule has 2 fully saturated rings. The summed E-state index contributed by atoms with van der Waals surface area (Å²) in [6.07, 6.45) is 4.27. The van der Waals surface area contributed by atoms with Crippen LogP contribution in [0.2, 0.25) is 0 Å². The SMILES string of the molecule is COc1ccccc1N1CCN(c2cnnc(N3CCCC(C)C3)n2)CC1. The van der Waals surface area contributed by atoms with Crippen LogP contribution in [0.3, 0.4) is 0 Å². The van der Waals surface area contributed by atoms with Crippen molar-refractivity contribution in [2.75, 3.05) is 61.1 Å². The van der Waals surface area contributed by atoms with E-state index in [9.17, 15) is 0 Å². The summed E-state index contributed by atoms with van der Waals surface area (Å²) in [5.41, 5.74) is 1.16. The summed E-state index contributed by atoms with van der Waals surface area (Å²) in [6.45, 7) is 8.02. The number of piperidine rings is 1. The number of para-hydroxylation sites is 2. The van der Waals surface area contributed by atoms with E-state index in [-0.39, 0.29) is 0 Å². The van der Waals surface area contributed by atoms with Gasteiger partial charge >= 0.3 is 0 Å². The first-order chi connectivity index (χ1) is 13.2. The van der Waals surface area contributed by atoms with Crippen molar-refractivity contribution >= 4 is 17.5 Å². The summed E-state index contributed by atoms with van der Waals surface area (Å²) >= 11 is 0. The Morgan fingerprint density at radius 2 is 1.78 bits per heavy atom. The van der Waals surface area contributed by atoms with Gasteiger partial charge < -0.3 is 19.4 Å². The summed E-state index contributed by atoms with van der Waals surface area (Å²) < 4.78 is 5.51. The molecule has 0 aliphatic carbocycles. The largest absolute Gasteiger partial charge is 0.495 e. The van der Waals surface area contributed by atoms with Gasteiger partial charge in [-0.3, -0.25) is 0 Å². The minimum atomic E-state index is 0.690. The molecule has 2 aromatic rings. The van der Waals surface area contributed by atoms with Crippen molar-refractivity contribution in [3.05, 3.63) is 30.5 Å². The van der Waals surface area contributed by atoms with Gasteiger partial charge in [0.2, 0.25) is 5.95 Å². The van der Waals surface area contributed by atoms with Crippen molar-refractivity contribution < 1.29 is 4.74 Å². The summed E-state index contributed by atoms with van der Waals surface area (Å²) in [6, 6.07) is 8.21. The van der Waals surface area contributed by atoms with Gasteiger partial charge in [0.05, 0.1) is 19.0 Å². The smallest absolute Gasteiger partial charge is 0.247 e. The molecule has 7 heteroatoms. The number of aromatic nitrogens is 3. The quantitative estimate of drug-likeness (QED) is 0.821. The standard InChI is InChI=1S/C20H28N6O/c1-16-6-5-9-26(15-16)20-22-19(14-21-23-20)25-12-10-24(11-13-25)17-7-3-4-8-18(17)27-2/h3-4,7-8,14,16H,5-6,9-13,15H2,1-2H3. The molecule has 2 aliphatic heterocycles. The molecule has 0 bridgehead atoms. The van der Waals surface area contributed by atoms with E-state index in [1.807, 2.05) is 12.1 Å². The molecule has 0 saturated carbocycles. The van der Waals surface area contributed by atoms with E-state index < -0.39 is 0 Å². The Labute approximate surface area is 161 Å². The van der Waals surface area contributed by atoms with E-state index in [4.69, 9.17) is 9.72 Å². The molecule has 27 heavy (non-hydrogen) atoms. The lowest BCUT2D eigenvalue weighted by Gasteiger charge is -2.37. The molecule has 0 spiro atoms. The maximum atomic E-state index is 5.51. The number of ether oxygens (including phenoxy) is 1. The topological polar surface area (TPSA) is 57.6 Å². The summed E-state index contributed by atoms with van der Waals surface area (Å²) in [7, 11) is 1.73. The van der Waals surface area contributed by atoms with E-state index in [0.717, 1.165) is 62.5 Å². The van der Waals surface area contributed by atoms with Crippen LogP contribution in [0, 0.1) is 5.92 Å². The molecule has 0 radical (unpaired) electrons. The molecule has 2 aliphatic rings. The van der Waals surface area contributed by atoms with Crippen LogP contribution in [0.25, 0.3) is 0 Å². The Balaban J connectivity index is 1.43. The average molecular weight is 368 g/mol. The van der Waals surface area contributed by atoms with Crippen molar-refractivity contribution in [3.8, 4) is 5.75 Å². The fourth-order valence-electron chi connectivity index (χ4n) is 4.01.